The summed E-state index contributed by atoms with van der Waals surface area (Å²) < 4.78 is 23.9. The number of nitrogens with one attached hydrogen (secondary N) is 1. The molecule has 3 rings (SSSR count). The number of ether oxygens (including phenoxy) is 2. The summed E-state index contributed by atoms with van der Waals surface area (Å²) in [6.07, 6.45) is 0. The highest BCUT2D eigenvalue weighted by atomic mass is 79.9. The van der Waals surface area contributed by atoms with Crippen LogP contribution >= 0.6 is 15.9 Å². The van der Waals surface area contributed by atoms with Crippen molar-refractivity contribution in [1.29, 1.82) is 0 Å². The fourth-order valence-corrected chi connectivity index (χ4v) is 2.53. The normalized spacial score (nSPS) is 12.3. The number of hydrogen-bond acceptors (Lipinski definition) is 3. The maximum atomic E-state index is 13.0. The van der Waals surface area contributed by atoms with Crippen LogP contribution in [-0.2, 0) is 6.54 Å². The lowest BCUT2D eigenvalue weighted by Gasteiger charge is -2.08. The molecule has 0 bridgehead atoms. The first-order valence-corrected chi connectivity index (χ1v) is 7.04. The van der Waals surface area contributed by atoms with Crippen LogP contribution in [0.4, 0.5) is 4.39 Å². The molecule has 0 aromatic heterocycles. The smallest absolute Gasteiger partial charge is 0.252 e. The molecule has 1 aliphatic rings. The van der Waals surface area contributed by atoms with Gasteiger partial charge in [0.05, 0.1) is 5.56 Å². The maximum Gasteiger partial charge on any atom is 0.252 e. The molecular weight excluding hydrogens is 341 g/mol. The summed E-state index contributed by atoms with van der Waals surface area (Å²) in [5, 5.41) is 2.78. The summed E-state index contributed by atoms with van der Waals surface area (Å²) >= 11 is 3.18. The maximum absolute atomic E-state index is 13.0. The van der Waals surface area contributed by atoms with Crippen LogP contribution in [0.25, 0.3) is 0 Å². The number of carbonyl (C=O) groups excluding carboxylic acids is 1. The number of benzene rings is 2. The van der Waals surface area contributed by atoms with Crippen molar-refractivity contribution in [3.8, 4) is 11.5 Å². The molecule has 0 spiro atoms. The lowest BCUT2D eigenvalue weighted by atomic mass is 10.1. The van der Waals surface area contributed by atoms with Gasteiger partial charge in [-0.1, -0.05) is 6.07 Å². The Morgan fingerprint density at radius 3 is 2.81 bits per heavy atom. The summed E-state index contributed by atoms with van der Waals surface area (Å²) in [5.74, 6) is 0.699. The molecule has 2 aromatic rings. The Labute approximate surface area is 129 Å². The topological polar surface area (TPSA) is 47.6 Å². The van der Waals surface area contributed by atoms with Gasteiger partial charge in [-0.2, -0.15) is 0 Å². The SMILES string of the molecule is O=C(NCc1ccc2c(c1)OCO2)c1ccc(F)cc1Br. The highest BCUT2D eigenvalue weighted by Gasteiger charge is 2.14. The quantitative estimate of drug-likeness (QED) is 0.923. The molecular formula is C15H11BrFNO3. The lowest BCUT2D eigenvalue weighted by molar-refractivity contribution is 0.0950. The van der Waals surface area contributed by atoms with Crippen molar-refractivity contribution in [1.82, 2.24) is 5.32 Å². The summed E-state index contributed by atoms with van der Waals surface area (Å²) in [6, 6.07) is 9.43. The predicted octanol–water partition coefficient (Wildman–Crippen LogP) is 3.25. The highest BCUT2D eigenvalue weighted by molar-refractivity contribution is 9.10. The van der Waals surface area contributed by atoms with Gasteiger partial charge in [0.15, 0.2) is 11.5 Å². The van der Waals surface area contributed by atoms with Crippen LogP contribution < -0.4 is 14.8 Å². The van der Waals surface area contributed by atoms with E-state index in [1.54, 1.807) is 6.07 Å². The highest BCUT2D eigenvalue weighted by Crippen LogP contribution is 2.32. The number of rotatable bonds is 3. The Balaban J connectivity index is 1.68. The Morgan fingerprint density at radius 2 is 2.00 bits per heavy atom. The van der Waals surface area contributed by atoms with Crippen molar-refractivity contribution in [2.75, 3.05) is 6.79 Å². The summed E-state index contributed by atoms with van der Waals surface area (Å²) in [6.45, 7) is 0.562. The first kappa shape index (κ1) is 13.9. The Morgan fingerprint density at radius 1 is 1.19 bits per heavy atom. The van der Waals surface area contributed by atoms with Gasteiger partial charge in [0, 0.05) is 11.0 Å². The van der Waals surface area contributed by atoms with E-state index in [9.17, 15) is 9.18 Å². The molecule has 0 atom stereocenters. The zero-order valence-corrected chi connectivity index (χ0v) is 12.4. The first-order valence-electron chi connectivity index (χ1n) is 6.25. The molecule has 0 radical (unpaired) electrons. The van der Waals surface area contributed by atoms with Crippen molar-refractivity contribution in [2.24, 2.45) is 0 Å². The van der Waals surface area contributed by atoms with Crippen molar-refractivity contribution in [2.45, 2.75) is 6.54 Å². The summed E-state index contributed by atoms with van der Waals surface area (Å²) in [5.41, 5.74) is 1.28. The average molecular weight is 352 g/mol. The van der Waals surface area contributed by atoms with Gasteiger partial charge >= 0.3 is 0 Å². The van der Waals surface area contributed by atoms with E-state index >= 15 is 0 Å². The van der Waals surface area contributed by atoms with Gasteiger partial charge in [0.25, 0.3) is 5.91 Å². The number of fused-ring (bicyclic) bond motifs is 1. The molecule has 6 heteroatoms. The molecule has 108 valence electrons. The minimum atomic E-state index is -0.394. The van der Waals surface area contributed by atoms with E-state index in [1.807, 2.05) is 12.1 Å². The van der Waals surface area contributed by atoms with E-state index in [4.69, 9.17) is 9.47 Å². The van der Waals surface area contributed by atoms with Crippen LogP contribution in [0, 0.1) is 5.82 Å². The van der Waals surface area contributed by atoms with Crippen molar-refractivity contribution in [3.63, 3.8) is 0 Å². The molecule has 0 aliphatic carbocycles. The van der Waals surface area contributed by atoms with Gasteiger partial charge in [-0.05, 0) is 51.8 Å². The van der Waals surface area contributed by atoms with Gasteiger partial charge < -0.3 is 14.8 Å². The minimum absolute atomic E-state index is 0.216. The molecule has 1 heterocycles. The van der Waals surface area contributed by atoms with E-state index in [2.05, 4.69) is 21.2 Å². The molecule has 2 aromatic carbocycles. The molecule has 0 saturated carbocycles. The Kier molecular flexibility index (Phi) is 3.79. The average Bonchev–Trinajstić information content (AvgIpc) is 2.92. The molecule has 1 aliphatic heterocycles. The predicted molar refractivity (Wildman–Crippen MR) is 77.8 cm³/mol. The van der Waals surface area contributed by atoms with Gasteiger partial charge in [0.1, 0.15) is 5.82 Å². The molecule has 0 fully saturated rings. The van der Waals surface area contributed by atoms with Crippen LogP contribution in [0.5, 0.6) is 11.5 Å². The van der Waals surface area contributed by atoms with Gasteiger partial charge in [-0.3, -0.25) is 4.79 Å². The van der Waals surface area contributed by atoms with Gasteiger partial charge in [0.2, 0.25) is 6.79 Å². The van der Waals surface area contributed by atoms with E-state index in [-0.39, 0.29) is 12.7 Å². The minimum Gasteiger partial charge on any atom is -0.454 e. The summed E-state index contributed by atoms with van der Waals surface area (Å²) in [4.78, 5) is 12.1. The fourth-order valence-electron chi connectivity index (χ4n) is 2.00. The third-order valence-electron chi connectivity index (χ3n) is 3.07. The molecule has 1 amide bonds. The molecule has 0 unspecified atom stereocenters. The Bertz CT molecular complexity index is 705. The standard InChI is InChI=1S/C15H11BrFNO3/c16-12-6-10(17)2-3-11(12)15(19)18-7-9-1-4-13-14(5-9)21-8-20-13/h1-6H,7-8H2,(H,18,19). The zero-order chi connectivity index (χ0) is 14.8. The molecule has 4 nitrogen and oxygen atoms in total. The number of hydrogen-bond donors (Lipinski definition) is 1. The molecule has 1 N–H and O–H groups in total. The van der Waals surface area contributed by atoms with Crippen LogP contribution in [0.1, 0.15) is 15.9 Å². The van der Waals surface area contributed by atoms with E-state index in [0.29, 0.717) is 28.1 Å². The van der Waals surface area contributed by atoms with E-state index in [1.165, 1.54) is 18.2 Å². The zero-order valence-electron chi connectivity index (χ0n) is 10.9. The van der Waals surface area contributed by atoms with Crippen LogP contribution in [0.2, 0.25) is 0 Å². The van der Waals surface area contributed by atoms with Gasteiger partial charge in [-0.25, -0.2) is 4.39 Å². The Hall–Kier alpha value is -2.08. The van der Waals surface area contributed by atoms with E-state index < -0.39 is 5.82 Å². The van der Waals surface area contributed by atoms with Crippen molar-refractivity contribution in [3.05, 3.63) is 57.8 Å². The van der Waals surface area contributed by atoms with Crippen molar-refractivity contribution >= 4 is 21.8 Å². The number of carbonyl (C=O) groups is 1. The third-order valence-corrected chi connectivity index (χ3v) is 3.72. The second-order valence-electron chi connectivity index (χ2n) is 4.49. The van der Waals surface area contributed by atoms with E-state index in [0.717, 1.165) is 5.56 Å². The number of halogens is 2. The fraction of sp³-hybridized carbons (Fsp3) is 0.133. The van der Waals surface area contributed by atoms with Gasteiger partial charge in [-0.15, -0.1) is 0 Å². The van der Waals surface area contributed by atoms with Crippen LogP contribution in [-0.4, -0.2) is 12.7 Å². The van der Waals surface area contributed by atoms with Crippen LogP contribution in [0.3, 0.4) is 0 Å². The second kappa shape index (κ2) is 5.73. The largest absolute Gasteiger partial charge is 0.454 e. The van der Waals surface area contributed by atoms with Crippen molar-refractivity contribution < 1.29 is 18.7 Å². The lowest BCUT2D eigenvalue weighted by Crippen LogP contribution is -2.23. The second-order valence-corrected chi connectivity index (χ2v) is 5.35. The molecule has 21 heavy (non-hydrogen) atoms. The van der Waals surface area contributed by atoms with Crippen LogP contribution in [0.15, 0.2) is 40.9 Å². The first-order chi connectivity index (χ1) is 10.1. The summed E-state index contributed by atoms with van der Waals surface area (Å²) in [7, 11) is 0. The number of amides is 1. The monoisotopic (exact) mass is 351 g/mol. The third kappa shape index (κ3) is 3.00. The molecule has 0 saturated heterocycles.